The molecule has 0 aliphatic carbocycles. The van der Waals surface area contributed by atoms with Crippen molar-refractivity contribution in [2.24, 2.45) is 0 Å². The number of aromatic nitrogens is 4. The van der Waals surface area contributed by atoms with Gasteiger partial charge in [0.05, 0.1) is 30.7 Å². The molecule has 0 spiro atoms. The molecule has 9 heteroatoms. The fourth-order valence-corrected chi connectivity index (χ4v) is 1.86. The van der Waals surface area contributed by atoms with Gasteiger partial charge in [-0.05, 0) is 19.1 Å². The van der Waals surface area contributed by atoms with Crippen molar-refractivity contribution in [2.75, 3.05) is 13.7 Å². The number of ether oxygens (including phenoxy) is 1. The number of carbonyl (C=O) groups is 1. The van der Waals surface area contributed by atoms with Crippen molar-refractivity contribution in [2.45, 2.75) is 11.8 Å². The first-order valence-corrected chi connectivity index (χ1v) is 6.41. The van der Waals surface area contributed by atoms with Crippen molar-refractivity contribution in [1.29, 1.82) is 0 Å². The van der Waals surface area contributed by atoms with Crippen LogP contribution in [0.4, 0.5) is 0 Å². The molecular formula is C11H12N4O4S. The molecular weight excluding hydrogens is 284 g/mol. The Bertz CT molecular complexity index is 576. The molecule has 0 aliphatic rings. The highest BCUT2D eigenvalue weighted by Gasteiger charge is 2.17. The van der Waals surface area contributed by atoms with Gasteiger partial charge in [-0.1, -0.05) is 0 Å². The van der Waals surface area contributed by atoms with Crippen molar-refractivity contribution in [1.82, 2.24) is 19.7 Å². The Hall–Kier alpha value is -1.97. The number of pyridine rings is 1. The largest absolute Gasteiger partial charge is 0.464 e. The van der Waals surface area contributed by atoms with E-state index in [0.29, 0.717) is 17.3 Å². The summed E-state index contributed by atoms with van der Waals surface area (Å²) >= 11 is 0.890. The first-order chi connectivity index (χ1) is 9.76. The highest BCUT2D eigenvalue weighted by atomic mass is 32.2. The van der Waals surface area contributed by atoms with Crippen LogP contribution in [0.25, 0.3) is 5.82 Å². The fraction of sp³-hybridized carbons (Fsp3) is 0.273. The van der Waals surface area contributed by atoms with Crippen LogP contribution in [0.1, 0.15) is 17.4 Å². The van der Waals surface area contributed by atoms with Crippen LogP contribution in [0.15, 0.2) is 29.7 Å². The van der Waals surface area contributed by atoms with Gasteiger partial charge in [-0.25, -0.2) is 24.3 Å². The highest BCUT2D eigenvalue weighted by molar-refractivity contribution is 7.94. The van der Waals surface area contributed by atoms with E-state index < -0.39 is 5.97 Å². The number of carbonyl (C=O) groups excluding carboxylic acids is 1. The smallest absolute Gasteiger partial charge is 0.358 e. The number of hydrogen-bond donors (Lipinski definition) is 0. The molecule has 0 unspecified atom stereocenters. The molecule has 0 radical (unpaired) electrons. The lowest BCUT2D eigenvalue weighted by Gasteiger charge is -2.07. The van der Waals surface area contributed by atoms with E-state index in [1.165, 1.54) is 24.4 Å². The third-order valence-electron chi connectivity index (χ3n) is 2.17. The van der Waals surface area contributed by atoms with Gasteiger partial charge in [-0.15, -0.1) is 0 Å². The number of rotatable bonds is 6. The zero-order chi connectivity index (χ0) is 14.4. The minimum atomic E-state index is -0.574. The second-order valence-electron chi connectivity index (χ2n) is 3.41. The summed E-state index contributed by atoms with van der Waals surface area (Å²) in [4.78, 5) is 25.0. The van der Waals surface area contributed by atoms with Gasteiger partial charge in [0, 0.05) is 0 Å². The van der Waals surface area contributed by atoms with Gasteiger partial charge in [-0.3, -0.25) is 0 Å². The monoisotopic (exact) mass is 296 g/mol. The van der Waals surface area contributed by atoms with Gasteiger partial charge in [0.15, 0.2) is 11.5 Å². The van der Waals surface area contributed by atoms with E-state index in [4.69, 9.17) is 14.0 Å². The van der Waals surface area contributed by atoms with Crippen LogP contribution in [0, 0.1) is 0 Å². The Balaban J connectivity index is 2.30. The van der Waals surface area contributed by atoms with Crippen molar-refractivity contribution in [3.63, 3.8) is 0 Å². The van der Waals surface area contributed by atoms with E-state index in [0.717, 1.165) is 12.0 Å². The lowest BCUT2D eigenvalue weighted by molar-refractivity contribution is -0.185. The maximum atomic E-state index is 11.7. The Morgan fingerprint density at radius 1 is 1.45 bits per heavy atom. The van der Waals surface area contributed by atoms with Crippen LogP contribution >= 0.6 is 12.0 Å². The van der Waals surface area contributed by atoms with E-state index in [2.05, 4.69) is 15.1 Å². The zero-order valence-electron chi connectivity index (χ0n) is 10.8. The summed E-state index contributed by atoms with van der Waals surface area (Å²) in [5.74, 6) is -0.127. The SMILES string of the molecule is CCOOSc1ccc(-n2cncn2)nc1C(=O)OC. The summed E-state index contributed by atoms with van der Waals surface area (Å²) in [6.45, 7) is 2.18. The first kappa shape index (κ1) is 14.4. The van der Waals surface area contributed by atoms with Crippen molar-refractivity contribution >= 4 is 18.0 Å². The average Bonchev–Trinajstić information content (AvgIpc) is 3.01. The average molecular weight is 296 g/mol. The summed E-state index contributed by atoms with van der Waals surface area (Å²) in [7, 11) is 1.28. The second kappa shape index (κ2) is 6.98. The van der Waals surface area contributed by atoms with Gasteiger partial charge in [-0.2, -0.15) is 9.43 Å². The third-order valence-corrected chi connectivity index (χ3v) is 2.84. The molecule has 0 aliphatic heterocycles. The molecule has 0 fully saturated rings. The number of nitrogens with zero attached hydrogens (tertiary/aromatic N) is 4. The second-order valence-corrected chi connectivity index (χ2v) is 4.15. The molecule has 2 aromatic heterocycles. The quantitative estimate of drug-likeness (QED) is 0.260. The van der Waals surface area contributed by atoms with Crippen LogP contribution in [0.3, 0.4) is 0 Å². The summed E-state index contributed by atoms with van der Waals surface area (Å²) in [5.41, 5.74) is 0.116. The zero-order valence-corrected chi connectivity index (χ0v) is 11.7. The highest BCUT2D eigenvalue weighted by Crippen LogP contribution is 2.24. The van der Waals surface area contributed by atoms with Crippen molar-refractivity contribution in [3.8, 4) is 5.82 Å². The summed E-state index contributed by atoms with van der Waals surface area (Å²) < 4.78 is 11.0. The summed E-state index contributed by atoms with van der Waals surface area (Å²) in [6.07, 6.45) is 2.85. The lowest BCUT2D eigenvalue weighted by atomic mass is 10.3. The van der Waals surface area contributed by atoms with E-state index in [1.807, 2.05) is 0 Å². The Morgan fingerprint density at radius 3 is 2.95 bits per heavy atom. The molecule has 2 rings (SSSR count). The standard InChI is InChI=1S/C11H12N4O4S/c1-3-18-19-20-8-4-5-9(15-7-12-6-13-15)14-10(8)11(16)17-2/h4-7H,3H2,1-2H3. The lowest BCUT2D eigenvalue weighted by Crippen LogP contribution is -2.09. The minimum absolute atomic E-state index is 0.116. The number of esters is 1. The molecule has 8 nitrogen and oxygen atoms in total. The molecule has 0 bridgehead atoms. The van der Waals surface area contributed by atoms with Crippen LogP contribution in [0.5, 0.6) is 0 Å². The van der Waals surface area contributed by atoms with E-state index in [9.17, 15) is 4.79 Å². The molecule has 2 aromatic rings. The van der Waals surface area contributed by atoms with Crippen molar-refractivity contribution in [3.05, 3.63) is 30.5 Å². The van der Waals surface area contributed by atoms with E-state index in [1.54, 1.807) is 19.1 Å². The Kier molecular flexibility index (Phi) is 5.04. The molecule has 0 N–H and O–H groups in total. The van der Waals surface area contributed by atoms with Gasteiger partial charge < -0.3 is 4.74 Å². The maximum absolute atomic E-state index is 11.7. The topological polar surface area (TPSA) is 88.4 Å². The molecule has 0 aromatic carbocycles. The van der Waals surface area contributed by atoms with E-state index >= 15 is 0 Å². The molecule has 106 valence electrons. The minimum Gasteiger partial charge on any atom is -0.464 e. The van der Waals surface area contributed by atoms with Gasteiger partial charge in [0.25, 0.3) is 0 Å². The van der Waals surface area contributed by atoms with Gasteiger partial charge in [0.2, 0.25) is 0 Å². The van der Waals surface area contributed by atoms with Crippen LogP contribution < -0.4 is 0 Å². The third kappa shape index (κ3) is 3.32. The molecule has 2 heterocycles. The first-order valence-electron chi connectivity index (χ1n) is 5.66. The Morgan fingerprint density at radius 2 is 2.30 bits per heavy atom. The van der Waals surface area contributed by atoms with Crippen molar-refractivity contribution < 1.29 is 18.8 Å². The molecule has 0 amide bonds. The molecule has 0 saturated carbocycles. The van der Waals surface area contributed by atoms with Gasteiger partial charge >= 0.3 is 5.97 Å². The number of hydrogen-bond acceptors (Lipinski definition) is 8. The van der Waals surface area contributed by atoms with Crippen LogP contribution in [-0.4, -0.2) is 39.4 Å². The maximum Gasteiger partial charge on any atom is 0.358 e. The fourth-order valence-electron chi connectivity index (χ4n) is 1.31. The summed E-state index contributed by atoms with van der Waals surface area (Å²) in [5, 5.41) is 3.95. The molecule has 0 atom stereocenters. The Labute approximate surface area is 119 Å². The predicted octanol–water partition coefficient (Wildman–Crippen LogP) is 1.42. The predicted molar refractivity (Wildman–Crippen MR) is 69.1 cm³/mol. The summed E-state index contributed by atoms with van der Waals surface area (Å²) in [6, 6.07) is 3.35. The normalized spacial score (nSPS) is 10.5. The molecule has 0 saturated heterocycles. The van der Waals surface area contributed by atoms with Crippen LogP contribution in [0.2, 0.25) is 0 Å². The van der Waals surface area contributed by atoms with Gasteiger partial charge in [0.1, 0.15) is 12.7 Å². The molecule has 20 heavy (non-hydrogen) atoms. The number of methoxy groups -OCH3 is 1. The van der Waals surface area contributed by atoms with E-state index in [-0.39, 0.29) is 5.69 Å². The van der Waals surface area contributed by atoms with Crippen LogP contribution in [-0.2, 0) is 14.0 Å².